The lowest BCUT2D eigenvalue weighted by atomic mass is 10.1. The van der Waals surface area contributed by atoms with Crippen molar-refractivity contribution in [3.8, 4) is 17.0 Å². The summed E-state index contributed by atoms with van der Waals surface area (Å²) in [5.41, 5.74) is 2.93. The van der Waals surface area contributed by atoms with Crippen LogP contribution in [-0.2, 0) is 0 Å². The highest BCUT2D eigenvalue weighted by atomic mass is 16.5. The topological polar surface area (TPSA) is 84.2 Å². The molecule has 1 aliphatic rings. The average Bonchev–Trinajstić information content (AvgIpc) is 3.41. The largest absolute Gasteiger partial charge is 0.497 e. The highest BCUT2D eigenvalue weighted by molar-refractivity contribution is 5.93. The van der Waals surface area contributed by atoms with E-state index in [0.717, 1.165) is 41.3 Å². The van der Waals surface area contributed by atoms with Crippen LogP contribution in [0.15, 0.2) is 40.9 Å². The summed E-state index contributed by atoms with van der Waals surface area (Å²) in [6.45, 7) is 2.56. The number of aryl methyl sites for hydroxylation is 1. The number of nitrogens with zero attached hydrogens (tertiary/aromatic N) is 3. The molecule has 26 heavy (non-hydrogen) atoms. The van der Waals surface area contributed by atoms with Crippen LogP contribution < -0.4 is 4.74 Å². The monoisotopic (exact) mass is 352 g/mol. The number of carbonyl (C=O) groups is 1. The van der Waals surface area contributed by atoms with E-state index in [2.05, 4.69) is 15.4 Å². The summed E-state index contributed by atoms with van der Waals surface area (Å²) in [5.74, 6) is 1.46. The predicted octanol–water partition coefficient (Wildman–Crippen LogP) is 3.36. The molecular formula is C19H20N4O3. The predicted molar refractivity (Wildman–Crippen MR) is 94.8 cm³/mol. The van der Waals surface area contributed by atoms with Crippen LogP contribution in [0.2, 0.25) is 0 Å². The molecule has 0 radical (unpaired) electrons. The molecular weight excluding hydrogens is 332 g/mol. The van der Waals surface area contributed by atoms with Crippen molar-refractivity contribution in [2.45, 2.75) is 25.8 Å². The van der Waals surface area contributed by atoms with E-state index in [1.165, 1.54) is 0 Å². The Balaban J connectivity index is 1.55. The Morgan fingerprint density at radius 3 is 2.81 bits per heavy atom. The summed E-state index contributed by atoms with van der Waals surface area (Å²) in [5, 5.41) is 11.2. The first kappa shape index (κ1) is 16.4. The first-order valence-corrected chi connectivity index (χ1v) is 8.60. The van der Waals surface area contributed by atoms with Gasteiger partial charge in [0.25, 0.3) is 5.91 Å². The molecule has 1 unspecified atom stereocenters. The fourth-order valence-electron chi connectivity index (χ4n) is 3.36. The van der Waals surface area contributed by atoms with Gasteiger partial charge >= 0.3 is 0 Å². The molecule has 1 fully saturated rings. The van der Waals surface area contributed by atoms with Gasteiger partial charge in [0, 0.05) is 18.2 Å². The fourth-order valence-corrected chi connectivity index (χ4v) is 3.36. The summed E-state index contributed by atoms with van der Waals surface area (Å²) in [6.07, 6.45) is 1.83. The van der Waals surface area contributed by atoms with Crippen LogP contribution in [0.1, 0.15) is 40.8 Å². The van der Waals surface area contributed by atoms with Gasteiger partial charge < -0.3 is 14.2 Å². The molecule has 1 aliphatic heterocycles. The molecule has 1 amide bonds. The van der Waals surface area contributed by atoms with Gasteiger partial charge in [0.1, 0.15) is 22.9 Å². The Labute approximate surface area is 150 Å². The van der Waals surface area contributed by atoms with Crippen LogP contribution in [0.3, 0.4) is 0 Å². The zero-order chi connectivity index (χ0) is 18.1. The van der Waals surface area contributed by atoms with Gasteiger partial charge in [0.15, 0.2) is 0 Å². The number of hydrogen-bond donors (Lipinski definition) is 1. The minimum atomic E-state index is -0.0691. The Morgan fingerprint density at radius 2 is 2.12 bits per heavy atom. The molecule has 1 aromatic carbocycles. The Kier molecular flexibility index (Phi) is 4.20. The van der Waals surface area contributed by atoms with Crippen LogP contribution in [0, 0.1) is 6.92 Å². The molecule has 0 bridgehead atoms. The molecule has 134 valence electrons. The Bertz CT molecular complexity index is 913. The van der Waals surface area contributed by atoms with Crippen molar-refractivity contribution in [2.75, 3.05) is 13.7 Å². The number of amides is 1. The van der Waals surface area contributed by atoms with E-state index in [9.17, 15) is 4.79 Å². The van der Waals surface area contributed by atoms with Crippen molar-refractivity contribution in [2.24, 2.45) is 0 Å². The van der Waals surface area contributed by atoms with E-state index < -0.39 is 0 Å². The first-order valence-electron chi connectivity index (χ1n) is 8.60. The van der Waals surface area contributed by atoms with Crippen molar-refractivity contribution in [1.82, 2.24) is 20.3 Å². The fraction of sp³-hybridized carbons (Fsp3) is 0.316. The molecule has 7 nitrogen and oxygen atoms in total. The van der Waals surface area contributed by atoms with E-state index in [1.807, 2.05) is 42.2 Å². The molecule has 3 aromatic rings. The van der Waals surface area contributed by atoms with E-state index in [1.54, 1.807) is 13.2 Å². The van der Waals surface area contributed by atoms with Gasteiger partial charge in [-0.05, 0) is 50.1 Å². The molecule has 7 heteroatoms. The number of likely N-dealkylation sites (tertiary alicyclic amines) is 1. The number of ether oxygens (including phenoxy) is 1. The quantitative estimate of drug-likeness (QED) is 0.778. The molecule has 2 aromatic heterocycles. The summed E-state index contributed by atoms with van der Waals surface area (Å²) >= 11 is 0. The number of rotatable bonds is 4. The third-order valence-corrected chi connectivity index (χ3v) is 4.70. The van der Waals surface area contributed by atoms with E-state index >= 15 is 0 Å². The first-order chi connectivity index (χ1) is 12.7. The maximum Gasteiger partial charge on any atom is 0.272 e. The zero-order valence-electron chi connectivity index (χ0n) is 14.7. The summed E-state index contributed by atoms with van der Waals surface area (Å²) in [7, 11) is 1.63. The minimum Gasteiger partial charge on any atom is -0.497 e. The van der Waals surface area contributed by atoms with Gasteiger partial charge in [0.2, 0.25) is 0 Å². The SMILES string of the molecule is COc1ccc(-c2cc(C(=O)N3CCCC3c3cc(C)on3)[nH]n2)cc1. The molecule has 4 rings (SSSR count). The number of carbonyl (C=O) groups excluding carboxylic acids is 1. The van der Waals surface area contributed by atoms with Crippen molar-refractivity contribution < 1.29 is 14.1 Å². The lowest BCUT2D eigenvalue weighted by Crippen LogP contribution is -2.31. The highest BCUT2D eigenvalue weighted by Crippen LogP contribution is 2.33. The van der Waals surface area contributed by atoms with Crippen LogP contribution >= 0.6 is 0 Å². The van der Waals surface area contributed by atoms with Gasteiger partial charge in [-0.2, -0.15) is 5.10 Å². The minimum absolute atomic E-state index is 0.0484. The van der Waals surface area contributed by atoms with Crippen molar-refractivity contribution >= 4 is 5.91 Å². The second-order valence-corrected chi connectivity index (χ2v) is 6.41. The Hall–Kier alpha value is -3.09. The normalized spacial score (nSPS) is 16.8. The number of H-pyrrole nitrogens is 1. The Morgan fingerprint density at radius 1 is 1.31 bits per heavy atom. The number of benzene rings is 1. The van der Waals surface area contributed by atoms with Crippen LogP contribution in [0.4, 0.5) is 0 Å². The third kappa shape index (κ3) is 2.96. The average molecular weight is 352 g/mol. The van der Waals surface area contributed by atoms with Crippen LogP contribution in [-0.4, -0.2) is 39.8 Å². The summed E-state index contributed by atoms with van der Waals surface area (Å²) in [4.78, 5) is 14.8. The molecule has 1 N–H and O–H groups in total. The number of nitrogens with one attached hydrogen (secondary N) is 1. The lowest BCUT2D eigenvalue weighted by molar-refractivity contribution is 0.0725. The molecule has 0 aliphatic carbocycles. The van der Waals surface area contributed by atoms with E-state index in [0.29, 0.717) is 12.2 Å². The summed E-state index contributed by atoms with van der Waals surface area (Å²) in [6, 6.07) is 11.2. The van der Waals surface area contributed by atoms with Crippen molar-refractivity contribution in [3.05, 3.63) is 53.5 Å². The van der Waals surface area contributed by atoms with Crippen LogP contribution in [0.5, 0.6) is 5.75 Å². The third-order valence-electron chi connectivity index (χ3n) is 4.70. The maximum absolute atomic E-state index is 13.0. The molecule has 1 atom stereocenters. The zero-order valence-corrected chi connectivity index (χ0v) is 14.7. The number of aromatic nitrogens is 3. The molecule has 1 saturated heterocycles. The lowest BCUT2D eigenvalue weighted by Gasteiger charge is -2.22. The van der Waals surface area contributed by atoms with Gasteiger partial charge in [-0.1, -0.05) is 5.16 Å². The van der Waals surface area contributed by atoms with E-state index in [-0.39, 0.29) is 11.9 Å². The second kappa shape index (κ2) is 6.67. The van der Waals surface area contributed by atoms with Crippen molar-refractivity contribution in [1.29, 1.82) is 0 Å². The van der Waals surface area contributed by atoms with Crippen LogP contribution in [0.25, 0.3) is 11.3 Å². The maximum atomic E-state index is 13.0. The summed E-state index contributed by atoms with van der Waals surface area (Å²) < 4.78 is 10.3. The smallest absolute Gasteiger partial charge is 0.272 e. The van der Waals surface area contributed by atoms with E-state index in [4.69, 9.17) is 9.26 Å². The second-order valence-electron chi connectivity index (χ2n) is 6.41. The van der Waals surface area contributed by atoms with Gasteiger partial charge in [-0.25, -0.2) is 0 Å². The van der Waals surface area contributed by atoms with Gasteiger partial charge in [-0.3, -0.25) is 9.89 Å². The number of aromatic amines is 1. The standard InChI is InChI=1S/C19H20N4O3/c1-12-10-16(22-26-12)18-4-3-9-23(18)19(24)17-11-15(20-21-17)13-5-7-14(25-2)8-6-13/h5-8,10-11,18H,3-4,9H2,1-2H3,(H,20,21). The molecule has 0 spiro atoms. The van der Waals surface area contributed by atoms with Crippen molar-refractivity contribution in [3.63, 3.8) is 0 Å². The number of methoxy groups -OCH3 is 1. The number of hydrogen-bond acceptors (Lipinski definition) is 5. The van der Waals surface area contributed by atoms with Gasteiger partial charge in [-0.15, -0.1) is 0 Å². The molecule has 3 heterocycles. The van der Waals surface area contributed by atoms with Gasteiger partial charge in [0.05, 0.1) is 18.8 Å². The highest BCUT2D eigenvalue weighted by Gasteiger charge is 2.33. The molecule has 0 saturated carbocycles.